The first-order chi connectivity index (χ1) is 12.1. The third-order valence-corrected chi connectivity index (χ3v) is 6.32. The van der Waals surface area contributed by atoms with E-state index < -0.39 is 11.9 Å². The van der Waals surface area contributed by atoms with Gasteiger partial charge in [0.1, 0.15) is 0 Å². The zero-order chi connectivity index (χ0) is 17.4. The van der Waals surface area contributed by atoms with Crippen LogP contribution >= 0.6 is 0 Å². The number of amides is 1. The number of nitrogens with zero attached hydrogens (tertiary/aromatic N) is 1. The summed E-state index contributed by atoms with van der Waals surface area (Å²) in [5.41, 5.74) is 1.36. The Morgan fingerprint density at radius 1 is 1.00 bits per heavy atom. The number of fused-ring (bicyclic) bond motifs is 2. The second-order valence-corrected chi connectivity index (χ2v) is 7.80. The molecule has 4 nitrogen and oxygen atoms in total. The summed E-state index contributed by atoms with van der Waals surface area (Å²) in [6, 6.07) is 10.5. The van der Waals surface area contributed by atoms with Crippen LogP contribution in [-0.4, -0.2) is 35.0 Å². The van der Waals surface area contributed by atoms with Crippen molar-refractivity contribution in [3.8, 4) is 0 Å². The van der Waals surface area contributed by atoms with Gasteiger partial charge in [0.15, 0.2) is 0 Å². The maximum absolute atomic E-state index is 13.0. The predicted octanol–water partition coefficient (Wildman–Crippen LogP) is 2.99. The van der Waals surface area contributed by atoms with Crippen LogP contribution in [0.25, 0.3) is 0 Å². The van der Waals surface area contributed by atoms with Crippen molar-refractivity contribution >= 4 is 11.9 Å². The molecule has 1 heterocycles. The topological polar surface area (TPSA) is 57.6 Å². The van der Waals surface area contributed by atoms with Crippen LogP contribution in [0, 0.1) is 29.6 Å². The first-order valence-electron chi connectivity index (χ1n) is 9.37. The number of likely N-dealkylation sites (tertiary alicyclic amines) is 1. The molecule has 1 N–H and O–H groups in total. The minimum Gasteiger partial charge on any atom is -0.481 e. The van der Waals surface area contributed by atoms with E-state index in [1.54, 1.807) is 0 Å². The molecule has 2 aliphatic carbocycles. The van der Waals surface area contributed by atoms with Crippen LogP contribution in [0.1, 0.15) is 24.8 Å². The van der Waals surface area contributed by atoms with Gasteiger partial charge in [0.25, 0.3) is 0 Å². The van der Waals surface area contributed by atoms with Gasteiger partial charge in [0, 0.05) is 13.1 Å². The molecule has 0 radical (unpaired) electrons. The summed E-state index contributed by atoms with van der Waals surface area (Å²) in [5, 5.41) is 9.55. The van der Waals surface area contributed by atoms with Gasteiger partial charge >= 0.3 is 5.97 Å². The van der Waals surface area contributed by atoms with Crippen LogP contribution in [0.3, 0.4) is 0 Å². The molecular weight excluding hydrogens is 314 g/mol. The zero-order valence-electron chi connectivity index (χ0n) is 14.4. The molecule has 1 saturated heterocycles. The number of piperidine rings is 1. The fraction of sp³-hybridized carbons (Fsp3) is 0.524. The maximum Gasteiger partial charge on any atom is 0.307 e. The first-order valence-corrected chi connectivity index (χ1v) is 9.37. The molecule has 25 heavy (non-hydrogen) atoms. The molecule has 3 aliphatic rings. The Kier molecular flexibility index (Phi) is 4.36. The zero-order valence-corrected chi connectivity index (χ0v) is 14.4. The van der Waals surface area contributed by atoms with E-state index >= 15 is 0 Å². The SMILES string of the molecule is O=C(O)[C@@H]1[C@H](C(=O)N2CCC(Cc3ccccc3)CC2)[C@@H]2C=C[C@H]1C2. The molecule has 2 fully saturated rings. The van der Waals surface area contributed by atoms with Crippen LogP contribution in [0.15, 0.2) is 42.5 Å². The highest BCUT2D eigenvalue weighted by molar-refractivity contribution is 5.87. The van der Waals surface area contributed by atoms with E-state index in [1.165, 1.54) is 5.56 Å². The largest absolute Gasteiger partial charge is 0.481 e. The smallest absolute Gasteiger partial charge is 0.307 e. The highest BCUT2D eigenvalue weighted by Gasteiger charge is 2.52. The summed E-state index contributed by atoms with van der Waals surface area (Å²) in [5.74, 6) is -0.825. The number of hydrogen-bond donors (Lipinski definition) is 1. The number of aliphatic carboxylic acids is 1. The van der Waals surface area contributed by atoms with Crippen molar-refractivity contribution in [1.29, 1.82) is 0 Å². The van der Waals surface area contributed by atoms with Gasteiger partial charge in [-0.2, -0.15) is 0 Å². The van der Waals surface area contributed by atoms with E-state index in [0.29, 0.717) is 5.92 Å². The van der Waals surface area contributed by atoms with E-state index in [9.17, 15) is 14.7 Å². The third kappa shape index (κ3) is 3.10. The molecule has 4 rings (SSSR count). The Morgan fingerprint density at radius 2 is 1.64 bits per heavy atom. The molecule has 4 heteroatoms. The molecule has 1 saturated carbocycles. The lowest BCUT2D eigenvalue weighted by Gasteiger charge is -2.36. The van der Waals surface area contributed by atoms with E-state index in [0.717, 1.165) is 38.8 Å². The summed E-state index contributed by atoms with van der Waals surface area (Å²) < 4.78 is 0. The highest BCUT2D eigenvalue weighted by Crippen LogP contribution is 2.49. The second-order valence-electron chi connectivity index (χ2n) is 7.80. The van der Waals surface area contributed by atoms with Crippen LogP contribution < -0.4 is 0 Å². The van der Waals surface area contributed by atoms with E-state index in [2.05, 4.69) is 30.3 Å². The normalized spacial score (nSPS) is 31.4. The molecule has 4 atom stereocenters. The Bertz CT molecular complexity index is 676. The Morgan fingerprint density at radius 3 is 2.28 bits per heavy atom. The van der Waals surface area contributed by atoms with Gasteiger partial charge in [-0.15, -0.1) is 0 Å². The summed E-state index contributed by atoms with van der Waals surface area (Å²) in [6.45, 7) is 1.53. The van der Waals surface area contributed by atoms with Crippen molar-refractivity contribution in [1.82, 2.24) is 4.90 Å². The summed E-state index contributed by atoms with van der Waals surface area (Å²) >= 11 is 0. The van der Waals surface area contributed by atoms with E-state index in [1.807, 2.05) is 17.0 Å². The minimum absolute atomic E-state index is 0.0482. The molecule has 1 aliphatic heterocycles. The van der Waals surface area contributed by atoms with Crippen molar-refractivity contribution < 1.29 is 14.7 Å². The van der Waals surface area contributed by atoms with Crippen molar-refractivity contribution in [2.24, 2.45) is 29.6 Å². The van der Waals surface area contributed by atoms with E-state index in [-0.39, 0.29) is 23.7 Å². The van der Waals surface area contributed by atoms with Gasteiger partial charge in [-0.1, -0.05) is 42.5 Å². The number of carbonyl (C=O) groups excluding carboxylic acids is 1. The molecular formula is C21H25NO3. The average Bonchev–Trinajstić information content (AvgIpc) is 3.24. The number of carboxylic acids is 1. The molecule has 0 spiro atoms. The lowest BCUT2D eigenvalue weighted by molar-refractivity contribution is -0.151. The van der Waals surface area contributed by atoms with Crippen molar-refractivity contribution in [3.05, 3.63) is 48.0 Å². The van der Waals surface area contributed by atoms with Crippen LogP contribution in [0.5, 0.6) is 0 Å². The van der Waals surface area contributed by atoms with E-state index in [4.69, 9.17) is 0 Å². The van der Waals surface area contributed by atoms with Gasteiger partial charge in [0.05, 0.1) is 11.8 Å². The molecule has 1 amide bonds. The monoisotopic (exact) mass is 339 g/mol. The van der Waals surface area contributed by atoms with Crippen molar-refractivity contribution in [2.75, 3.05) is 13.1 Å². The third-order valence-electron chi connectivity index (χ3n) is 6.32. The van der Waals surface area contributed by atoms with Gasteiger partial charge < -0.3 is 10.0 Å². The number of hydrogen-bond acceptors (Lipinski definition) is 2. The maximum atomic E-state index is 13.0. The minimum atomic E-state index is -0.811. The predicted molar refractivity (Wildman–Crippen MR) is 94.8 cm³/mol. The van der Waals surface area contributed by atoms with Gasteiger partial charge in [0.2, 0.25) is 5.91 Å². The number of carboxylic acid groups (broad SMARTS) is 1. The highest BCUT2D eigenvalue weighted by atomic mass is 16.4. The van der Waals surface area contributed by atoms with Crippen LogP contribution in [0.4, 0.5) is 0 Å². The van der Waals surface area contributed by atoms with Crippen LogP contribution in [0.2, 0.25) is 0 Å². The fourth-order valence-electron chi connectivity index (χ4n) is 5.01. The molecule has 132 valence electrons. The molecule has 0 aromatic heterocycles. The molecule has 1 aromatic carbocycles. The lowest BCUT2D eigenvalue weighted by atomic mass is 9.81. The molecule has 2 bridgehead atoms. The van der Waals surface area contributed by atoms with Crippen molar-refractivity contribution in [3.63, 3.8) is 0 Å². The van der Waals surface area contributed by atoms with Gasteiger partial charge in [-0.05, 0) is 49.0 Å². The first kappa shape index (κ1) is 16.4. The number of benzene rings is 1. The quantitative estimate of drug-likeness (QED) is 0.858. The van der Waals surface area contributed by atoms with Crippen molar-refractivity contribution in [2.45, 2.75) is 25.7 Å². The van der Waals surface area contributed by atoms with Crippen LogP contribution in [-0.2, 0) is 16.0 Å². The van der Waals surface area contributed by atoms with Gasteiger partial charge in [-0.3, -0.25) is 9.59 Å². The number of rotatable bonds is 4. The number of carbonyl (C=O) groups is 2. The summed E-state index contributed by atoms with van der Waals surface area (Å²) in [6.07, 6.45) is 7.98. The number of allylic oxidation sites excluding steroid dienone is 2. The Balaban J connectivity index is 1.37. The Labute approximate surface area is 148 Å². The summed E-state index contributed by atoms with van der Waals surface area (Å²) in [7, 11) is 0. The second kappa shape index (κ2) is 6.66. The molecule has 0 unspecified atom stereocenters. The molecule has 1 aromatic rings. The Hall–Kier alpha value is -2.10. The summed E-state index contributed by atoms with van der Waals surface area (Å²) in [4.78, 5) is 26.6. The standard InChI is InChI=1S/C21H25NO3/c23-20(18-16-6-7-17(13-16)19(18)21(24)25)22-10-8-15(9-11-22)12-14-4-2-1-3-5-14/h1-7,15-19H,8-13H2,(H,24,25)/t16-,17+,18-,19+/m1/s1. The van der Waals surface area contributed by atoms with Gasteiger partial charge in [-0.25, -0.2) is 0 Å². The lowest BCUT2D eigenvalue weighted by Crippen LogP contribution is -2.46. The fourth-order valence-corrected chi connectivity index (χ4v) is 5.01. The average molecular weight is 339 g/mol.